The lowest BCUT2D eigenvalue weighted by atomic mass is 9.88. The Hall–Kier alpha value is -0.380. The minimum absolute atomic E-state index is 0.484. The molecule has 3 heteroatoms. The van der Waals surface area contributed by atoms with E-state index in [9.17, 15) is 0 Å². The van der Waals surface area contributed by atoms with Crippen molar-refractivity contribution in [1.82, 2.24) is 5.32 Å². The van der Waals surface area contributed by atoms with E-state index in [2.05, 4.69) is 36.7 Å². The average Bonchev–Trinajstić information content (AvgIpc) is 2.67. The highest BCUT2D eigenvalue weighted by Crippen LogP contribution is 2.27. The van der Waals surface area contributed by atoms with E-state index in [1.807, 2.05) is 11.3 Å². The lowest BCUT2D eigenvalue weighted by molar-refractivity contribution is -0.0119. The molecule has 0 bridgehead atoms. The van der Waals surface area contributed by atoms with Gasteiger partial charge < -0.3 is 10.1 Å². The van der Waals surface area contributed by atoms with Gasteiger partial charge in [-0.1, -0.05) is 6.07 Å². The summed E-state index contributed by atoms with van der Waals surface area (Å²) in [5, 5.41) is 5.77. The normalized spacial score (nSPS) is 27.3. The lowest BCUT2D eigenvalue weighted by Gasteiger charge is -2.37. The monoisotopic (exact) mass is 225 g/mol. The summed E-state index contributed by atoms with van der Waals surface area (Å²) in [5.41, 5.74) is 0. The Morgan fingerprint density at radius 2 is 2.40 bits per heavy atom. The fourth-order valence-corrected chi connectivity index (χ4v) is 2.79. The maximum absolute atomic E-state index is 5.54. The number of hydrogen-bond acceptors (Lipinski definition) is 3. The van der Waals surface area contributed by atoms with Crippen molar-refractivity contribution in [2.75, 3.05) is 6.61 Å². The second-order valence-electron chi connectivity index (χ2n) is 4.15. The molecule has 0 aliphatic heterocycles. The molecular formula is C12H19NOS. The van der Waals surface area contributed by atoms with Crippen molar-refractivity contribution >= 4 is 11.3 Å². The largest absolute Gasteiger partial charge is 0.378 e. The highest BCUT2D eigenvalue weighted by atomic mass is 32.1. The first-order valence-electron chi connectivity index (χ1n) is 5.70. The molecule has 1 heterocycles. The van der Waals surface area contributed by atoms with Gasteiger partial charge in [0.2, 0.25) is 0 Å². The van der Waals surface area contributed by atoms with E-state index in [-0.39, 0.29) is 0 Å². The van der Waals surface area contributed by atoms with Gasteiger partial charge in [0.25, 0.3) is 0 Å². The molecule has 1 N–H and O–H groups in total. The van der Waals surface area contributed by atoms with Crippen LogP contribution in [0.15, 0.2) is 17.5 Å². The third kappa shape index (κ3) is 2.80. The van der Waals surface area contributed by atoms with Crippen LogP contribution in [0.5, 0.6) is 0 Å². The van der Waals surface area contributed by atoms with E-state index in [0.29, 0.717) is 18.2 Å². The second kappa shape index (κ2) is 5.10. The smallest absolute Gasteiger partial charge is 0.0604 e. The van der Waals surface area contributed by atoms with Crippen molar-refractivity contribution in [3.8, 4) is 0 Å². The van der Waals surface area contributed by atoms with Crippen LogP contribution in [0.3, 0.4) is 0 Å². The van der Waals surface area contributed by atoms with Crippen molar-refractivity contribution in [3.05, 3.63) is 22.4 Å². The molecule has 1 atom stereocenters. The molecule has 1 fully saturated rings. The van der Waals surface area contributed by atoms with Gasteiger partial charge in [-0.2, -0.15) is 0 Å². The number of ether oxygens (including phenoxy) is 1. The van der Waals surface area contributed by atoms with E-state index >= 15 is 0 Å². The highest BCUT2D eigenvalue weighted by Gasteiger charge is 2.30. The quantitative estimate of drug-likeness (QED) is 0.832. The van der Waals surface area contributed by atoms with E-state index in [4.69, 9.17) is 4.74 Å². The summed E-state index contributed by atoms with van der Waals surface area (Å²) in [6.07, 6.45) is 2.84. The van der Waals surface area contributed by atoms with Gasteiger partial charge in [0.05, 0.1) is 6.10 Å². The second-order valence-corrected chi connectivity index (χ2v) is 5.13. The number of thiophene rings is 1. The third-order valence-corrected chi connectivity index (χ3v) is 4.01. The molecule has 0 aromatic carbocycles. The summed E-state index contributed by atoms with van der Waals surface area (Å²) in [5.74, 6) is 0. The van der Waals surface area contributed by atoms with Gasteiger partial charge in [0, 0.05) is 23.6 Å². The van der Waals surface area contributed by atoms with Crippen LogP contribution in [0.2, 0.25) is 0 Å². The minimum atomic E-state index is 0.484. The fraction of sp³-hybridized carbons (Fsp3) is 0.667. The van der Waals surface area contributed by atoms with Gasteiger partial charge in [-0.05, 0) is 38.1 Å². The maximum atomic E-state index is 5.54. The zero-order valence-corrected chi connectivity index (χ0v) is 10.2. The van der Waals surface area contributed by atoms with E-state index in [1.165, 1.54) is 17.7 Å². The summed E-state index contributed by atoms with van der Waals surface area (Å²) in [7, 11) is 0. The first-order valence-corrected chi connectivity index (χ1v) is 6.58. The van der Waals surface area contributed by atoms with Crippen LogP contribution in [0.1, 0.15) is 37.6 Å². The molecular weight excluding hydrogens is 206 g/mol. The van der Waals surface area contributed by atoms with Crippen LogP contribution < -0.4 is 5.32 Å². The maximum Gasteiger partial charge on any atom is 0.0604 e. The molecule has 2 nitrogen and oxygen atoms in total. The third-order valence-electron chi connectivity index (χ3n) is 2.95. The van der Waals surface area contributed by atoms with Crippen LogP contribution in [0.25, 0.3) is 0 Å². The highest BCUT2D eigenvalue weighted by molar-refractivity contribution is 7.10. The van der Waals surface area contributed by atoms with Crippen molar-refractivity contribution in [1.29, 1.82) is 0 Å². The van der Waals surface area contributed by atoms with E-state index in [0.717, 1.165) is 6.61 Å². The molecule has 1 aromatic rings. The summed E-state index contributed by atoms with van der Waals surface area (Å²) >= 11 is 1.82. The van der Waals surface area contributed by atoms with E-state index in [1.54, 1.807) is 0 Å². The van der Waals surface area contributed by atoms with Crippen LogP contribution >= 0.6 is 11.3 Å². The minimum Gasteiger partial charge on any atom is -0.378 e. The van der Waals surface area contributed by atoms with Gasteiger partial charge in [0.1, 0.15) is 0 Å². The van der Waals surface area contributed by atoms with Crippen LogP contribution in [0, 0.1) is 0 Å². The molecule has 1 saturated carbocycles. The number of nitrogens with one attached hydrogen (secondary N) is 1. The van der Waals surface area contributed by atoms with Crippen LogP contribution in [0.4, 0.5) is 0 Å². The van der Waals surface area contributed by atoms with Gasteiger partial charge in [-0.25, -0.2) is 0 Å². The van der Waals surface area contributed by atoms with Crippen LogP contribution in [-0.4, -0.2) is 18.8 Å². The lowest BCUT2D eigenvalue weighted by Crippen LogP contribution is -2.46. The van der Waals surface area contributed by atoms with Crippen molar-refractivity contribution in [2.24, 2.45) is 0 Å². The first-order chi connectivity index (χ1) is 7.29. The van der Waals surface area contributed by atoms with E-state index < -0.39 is 0 Å². The fourth-order valence-electron chi connectivity index (χ4n) is 2.05. The van der Waals surface area contributed by atoms with Crippen molar-refractivity contribution in [3.63, 3.8) is 0 Å². The molecule has 0 unspecified atom stereocenters. The Balaban J connectivity index is 1.71. The molecule has 0 radical (unpaired) electrons. The predicted molar refractivity (Wildman–Crippen MR) is 64.3 cm³/mol. The van der Waals surface area contributed by atoms with Gasteiger partial charge in [0.15, 0.2) is 0 Å². The Morgan fingerprint density at radius 1 is 1.60 bits per heavy atom. The molecule has 1 aromatic heterocycles. The zero-order valence-electron chi connectivity index (χ0n) is 9.40. The van der Waals surface area contributed by atoms with Gasteiger partial charge in [-0.15, -0.1) is 11.3 Å². The molecule has 2 rings (SSSR count). The Bertz CT molecular complexity index is 280. The topological polar surface area (TPSA) is 21.3 Å². The average molecular weight is 225 g/mol. The Morgan fingerprint density at radius 3 is 3.00 bits per heavy atom. The van der Waals surface area contributed by atoms with Gasteiger partial charge >= 0.3 is 0 Å². The molecule has 84 valence electrons. The summed E-state index contributed by atoms with van der Waals surface area (Å²) in [6.45, 7) is 5.15. The zero-order chi connectivity index (χ0) is 10.7. The molecule has 0 spiro atoms. The molecule has 1 aliphatic rings. The Labute approximate surface area is 95.6 Å². The van der Waals surface area contributed by atoms with Crippen LogP contribution in [-0.2, 0) is 4.74 Å². The Kier molecular flexibility index (Phi) is 3.78. The molecule has 15 heavy (non-hydrogen) atoms. The van der Waals surface area contributed by atoms with Crippen molar-refractivity contribution in [2.45, 2.75) is 44.9 Å². The van der Waals surface area contributed by atoms with Gasteiger partial charge in [-0.3, -0.25) is 0 Å². The standard InChI is InChI=1S/C12H19NOS/c1-3-14-11-7-10(8-11)13-9(2)12-5-4-6-15-12/h4-6,9-11,13H,3,7-8H2,1-2H3/t9-,10?,11?/m0/s1. The molecule has 1 aliphatic carbocycles. The molecule has 0 saturated heterocycles. The number of rotatable bonds is 5. The predicted octanol–water partition coefficient (Wildman–Crippen LogP) is 2.97. The first kappa shape index (κ1) is 11.1. The summed E-state index contributed by atoms with van der Waals surface area (Å²) in [6, 6.07) is 5.44. The van der Waals surface area contributed by atoms with Crippen molar-refractivity contribution < 1.29 is 4.74 Å². The SMILES string of the molecule is CCOC1CC(N[C@@H](C)c2cccs2)C1. The summed E-state index contributed by atoms with van der Waals surface area (Å²) < 4.78 is 5.54. The summed E-state index contributed by atoms with van der Waals surface area (Å²) in [4.78, 5) is 1.43. The molecule has 0 amide bonds. The number of hydrogen-bond donors (Lipinski definition) is 1.